The fraction of sp³-hybridized carbons (Fsp3) is 0.700. The molecule has 1 fully saturated rings. The zero-order valence-electron chi connectivity index (χ0n) is 8.56. The first kappa shape index (κ1) is 9.68. The minimum absolute atomic E-state index is 0.276. The van der Waals surface area contributed by atoms with E-state index in [4.69, 9.17) is 0 Å². The van der Waals surface area contributed by atoms with Gasteiger partial charge < -0.3 is 5.11 Å². The molecular formula is C10H17N3O. The van der Waals surface area contributed by atoms with E-state index >= 15 is 0 Å². The molecule has 0 saturated carbocycles. The normalized spacial score (nSPS) is 23.1. The zero-order valence-corrected chi connectivity index (χ0v) is 8.56. The molecule has 1 saturated heterocycles. The molecule has 0 aromatic carbocycles. The summed E-state index contributed by atoms with van der Waals surface area (Å²) in [5.41, 5.74) is 1.21. The average molecular weight is 195 g/mol. The van der Waals surface area contributed by atoms with Gasteiger partial charge >= 0.3 is 0 Å². The van der Waals surface area contributed by atoms with Gasteiger partial charge in [0.15, 0.2) is 0 Å². The minimum Gasteiger partial charge on any atom is -0.395 e. The SMILES string of the molecule is Cn1nccc1CN1CCCC1CO. The highest BCUT2D eigenvalue weighted by atomic mass is 16.3. The number of aliphatic hydroxyl groups is 1. The van der Waals surface area contributed by atoms with Crippen molar-refractivity contribution in [2.24, 2.45) is 7.05 Å². The molecule has 1 atom stereocenters. The number of nitrogens with zero attached hydrogens (tertiary/aromatic N) is 3. The Morgan fingerprint density at radius 1 is 1.64 bits per heavy atom. The lowest BCUT2D eigenvalue weighted by Crippen LogP contribution is -2.32. The first-order chi connectivity index (χ1) is 6.81. The minimum atomic E-state index is 0.276. The monoisotopic (exact) mass is 195 g/mol. The van der Waals surface area contributed by atoms with Gasteiger partial charge in [-0.1, -0.05) is 0 Å². The Labute approximate surface area is 84.1 Å². The van der Waals surface area contributed by atoms with Gasteiger partial charge in [-0.25, -0.2) is 0 Å². The molecule has 4 nitrogen and oxygen atoms in total. The Bertz CT molecular complexity index is 297. The van der Waals surface area contributed by atoms with E-state index in [0.717, 1.165) is 19.5 Å². The van der Waals surface area contributed by atoms with Crippen molar-refractivity contribution >= 4 is 0 Å². The molecule has 0 radical (unpaired) electrons. The summed E-state index contributed by atoms with van der Waals surface area (Å²) in [6, 6.07) is 2.39. The van der Waals surface area contributed by atoms with E-state index in [-0.39, 0.29) is 6.61 Å². The van der Waals surface area contributed by atoms with E-state index in [1.807, 2.05) is 24.0 Å². The van der Waals surface area contributed by atoms with Crippen molar-refractivity contribution in [2.75, 3.05) is 13.2 Å². The van der Waals surface area contributed by atoms with Gasteiger partial charge in [0.25, 0.3) is 0 Å². The predicted molar refractivity (Wildman–Crippen MR) is 53.7 cm³/mol. The third-order valence-electron chi connectivity index (χ3n) is 3.00. The summed E-state index contributed by atoms with van der Waals surface area (Å²) in [5.74, 6) is 0. The van der Waals surface area contributed by atoms with E-state index in [1.165, 1.54) is 12.1 Å². The van der Waals surface area contributed by atoms with Gasteiger partial charge in [-0.2, -0.15) is 5.10 Å². The van der Waals surface area contributed by atoms with E-state index in [0.29, 0.717) is 6.04 Å². The van der Waals surface area contributed by atoms with Gasteiger partial charge in [-0.3, -0.25) is 9.58 Å². The van der Waals surface area contributed by atoms with Crippen molar-refractivity contribution in [3.63, 3.8) is 0 Å². The summed E-state index contributed by atoms with van der Waals surface area (Å²) in [5, 5.41) is 13.3. The van der Waals surface area contributed by atoms with Crippen molar-refractivity contribution in [1.82, 2.24) is 14.7 Å². The predicted octanol–water partition coefficient (Wildman–Crippen LogP) is 0.377. The fourth-order valence-corrected chi connectivity index (χ4v) is 2.07. The molecule has 14 heavy (non-hydrogen) atoms. The maximum Gasteiger partial charge on any atom is 0.0587 e. The highest BCUT2D eigenvalue weighted by molar-refractivity contribution is 5.00. The van der Waals surface area contributed by atoms with Gasteiger partial charge in [0.05, 0.1) is 12.3 Å². The summed E-state index contributed by atoms with van der Waals surface area (Å²) >= 11 is 0. The molecule has 1 aromatic heterocycles. The van der Waals surface area contributed by atoms with Crippen molar-refractivity contribution < 1.29 is 5.11 Å². The Morgan fingerprint density at radius 2 is 2.50 bits per heavy atom. The first-order valence-electron chi connectivity index (χ1n) is 5.13. The van der Waals surface area contributed by atoms with Crippen molar-refractivity contribution in [2.45, 2.75) is 25.4 Å². The van der Waals surface area contributed by atoms with Crippen LogP contribution in [0.5, 0.6) is 0 Å². The number of hydrogen-bond acceptors (Lipinski definition) is 3. The van der Waals surface area contributed by atoms with Crippen LogP contribution in [0.2, 0.25) is 0 Å². The second kappa shape index (κ2) is 4.11. The number of rotatable bonds is 3. The number of aryl methyl sites for hydroxylation is 1. The lowest BCUT2D eigenvalue weighted by atomic mass is 10.2. The zero-order chi connectivity index (χ0) is 9.97. The van der Waals surface area contributed by atoms with Crippen molar-refractivity contribution in [1.29, 1.82) is 0 Å². The largest absolute Gasteiger partial charge is 0.395 e. The van der Waals surface area contributed by atoms with Crippen LogP contribution < -0.4 is 0 Å². The van der Waals surface area contributed by atoms with Crippen LogP contribution in [-0.4, -0.2) is 39.0 Å². The third kappa shape index (κ3) is 1.81. The molecule has 1 aliphatic heterocycles. The Balaban J connectivity index is 2.00. The highest BCUT2D eigenvalue weighted by Crippen LogP contribution is 2.18. The molecule has 78 valence electrons. The van der Waals surface area contributed by atoms with E-state index in [9.17, 15) is 5.11 Å². The Morgan fingerprint density at radius 3 is 3.14 bits per heavy atom. The van der Waals surface area contributed by atoms with Crippen LogP contribution in [0.4, 0.5) is 0 Å². The maximum absolute atomic E-state index is 9.17. The quantitative estimate of drug-likeness (QED) is 0.758. The summed E-state index contributed by atoms with van der Waals surface area (Å²) in [7, 11) is 1.96. The highest BCUT2D eigenvalue weighted by Gasteiger charge is 2.24. The number of hydrogen-bond donors (Lipinski definition) is 1. The van der Waals surface area contributed by atoms with Crippen LogP contribution in [0.3, 0.4) is 0 Å². The molecule has 0 spiro atoms. The van der Waals surface area contributed by atoms with Gasteiger partial charge in [0, 0.05) is 25.8 Å². The summed E-state index contributed by atoms with van der Waals surface area (Å²) < 4.78 is 1.90. The summed E-state index contributed by atoms with van der Waals surface area (Å²) in [4.78, 5) is 2.33. The lowest BCUT2D eigenvalue weighted by molar-refractivity contribution is 0.151. The topological polar surface area (TPSA) is 41.3 Å². The molecular weight excluding hydrogens is 178 g/mol. The average Bonchev–Trinajstić information content (AvgIpc) is 2.77. The summed E-state index contributed by atoms with van der Waals surface area (Å²) in [6.45, 7) is 2.27. The van der Waals surface area contributed by atoms with Crippen LogP contribution in [0.15, 0.2) is 12.3 Å². The van der Waals surface area contributed by atoms with Crippen molar-refractivity contribution in [3.05, 3.63) is 18.0 Å². The third-order valence-corrected chi connectivity index (χ3v) is 3.00. The molecule has 1 N–H and O–H groups in total. The van der Waals surface area contributed by atoms with E-state index < -0.39 is 0 Å². The second-order valence-electron chi connectivity index (χ2n) is 3.90. The maximum atomic E-state index is 9.17. The van der Waals surface area contributed by atoms with Gasteiger partial charge in [0.1, 0.15) is 0 Å². The van der Waals surface area contributed by atoms with Crippen LogP contribution in [0, 0.1) is 0 Å². The van der Waals surface area contributed by atoms with Gasteiger partial charge in [0.2, 0.25) is 0 Å². The van der Waals surface area contributed by atoms with Crippen LogP contribution >= 0.6 is 0 Å². The first-order valence-corrected chi connectivity index (χ1v) is 5.13. The van der Waals surface area contributed by atoms with E-state index in [2.05, 4.69) is 10.00 Å². The van der Waals surface area contributed by atoms with Crippen LogP contribution in [-0.2, 0) is 13.6 Å². The standard InChI is InChI=1S/C10H17N3O/c1-12-9(4-5-11-12)7-13-6-2-3-10(13)8-14/h4-5,10,14H,2-3,6-8H2,1H3. The molecule has 2 rings (SSSR count). The fourth-order valence-electron chi connectivity index (χ4n) is 2.07. The van der Waals surface area contributed by atoms with Gasteiger partial charge in [-0.05, 0) is 25.5 Å². The molecule has 2 heterocycles. The smallest absolute Gasteiger partial charge is 0.0587 e. The molecule has 1 aromatic rings. The van der Waals surface area contributed by atoms with Gasteiger partial charge in [-0.15, -0.1) is 0 Å². The van der Waals surface area contributed by atoms with Crippen LogP contribution in [0.1, 0.15) is 18.5 Å². The number of aliphatic hydroxyl groups excluding tert-OH is 1. The second-order valence-corrected chi connectivity index (χ2v) is 3.90. The molecule has 0 aliphatic carbocycles. The molecule has 1 unspecified atom stereocenters. The molecule has 0 bridgehead atoms. The van der Waals surface area contributed by atoms with Crippen LogP contribution in [0.25, 0.3) is 0 Å². The lowest BCUT2D eigenvalue weighted by Gasteiger charge is -2.22. The number of likely N-dealkylation sites (tertiary alicyclic amines) is 1. The summed E-state index contributed by atoms with van der Waals surface area (Å²) in [6.07, 6.45) is 4.14. The Hall–Kier alpha value is -0.870. The number of aromatic nitrogens is 2. The molecule has 1 aliphatic rings. The molecule has 0 amide bonds. The molecule has 4 heteroatoms. The van der Waals surface area contributed by atoms with Crippen molar-refractivity contribution in [3.8, 4) is 0 Å². The Kier molecular flexibility index (Phi) is 2.84. The van der Waals surface area contributed by atoms with E-state index in [1.54, 1.807) is 0 Å².